The normalized spacial score (nSPS) is 15.6. The molecule has 6 nitrogen and oxygen atoms in total. The van der Waals surface area contributed by atoms with E-state index in [4.69, 9.17) is 4.74 Å². The van der Waals surface area contributed by atoms with Gasteiger partial charge >= 0.3 is 5.97 Å². The summed E-state index contributed by atoms with van der Waals surface area (Å²) in [5.41, 5.74) is 0.404. The highest BCUT2D eigenvalue weighted by Gasteiger charge is 2.30. The Bertz CT molecular complexity index is 744. The van der Waals surface area contributed by atoms with Gasteiger partial charge in [0.15, 0.2) is 10.0 Å². The molecular formula is C29H51N3O3S2. The molecule has 1 atom stereocenters. The number of likely N-dealkylation sites (tertiary alicyclic amines) is 1. The first-order chi connectivity index (χ1) is 18.2. The highest BCUT2D eigenvalue weighted by atomic mass is 32.2. The van der Waals surface area contributed by atoms with E-state index in [9.17, 15) is 9.59 Å². The van der Waals surface area contributed by atoms with E-state index in [2.05, 4.69) is 24.1 Å². The van der Waals surface area contributed by atoms with Crippen LogP contribution in [0.5, 0.6) is 0 Å². The molecule has 2 heterocycles. The van der Waals surface area contributed by atoms with E-state index in [0.717, 1.165) is 49.0 Å². The van der Waals surface area contributed by atoms with Gasteiger partial charge < -0.3 is 15.0 Å². The van der Waals surface area contributed by atoms with Gasteiger partial charge in [-0.15, -0.1) is 11.3 Å². The van der Waals surface area contributed by atoms with Gasteiger partial charge in [0.2, 0.25) is 5.91 Å². The molecule has 37 heavy (non-hydrogen) atoms. The average Bonchev–Trinajstić information content (AvgIpc) is 3.51. The maximum Gasteiger partial charge on any atom is 0.357 e. The van der Waals surface area contributed by atoms with Crippen LogP contribution in [0, 0.1) is 0 Å². The van der Waals surface area contributed by atoms with Crippen LogP contribution in [-0.4, -0.2) is 59.8 Å². The summed E-state index contributed by atoms with van der Waals surface area (Å²) in [5, 5.41) is 5.34. The van der Waals surface area contributed by atoms with Gasteiger partial charge in [-0.25, -0.2) is 9.78 Å². The lowest BCUT2D eigenvalue weighted by Gasteiger charge is -2.25. The highest BCUT2D eigenvalue weighted by Crippen LogP contribution is 2.25. The van der Waals surface area contributed by atoms with Crippen molar-refractivity contribution in [2.45, 2.75) is 127 Å². The summed E-state index contributed by atoms with van der Waals surface area (Å²) in [5.74, 6) is 0.730. The third kappa shape index (κ3) is 14.0. The monoisotopic (exact) mass is 553 g/mol. The molecule has 0 aliphatic carbocycles. The molecular weight excluding hydrogens is 502 g/mol. The van der Waals surface area contributed by atoms with Crippen LogP contribution in [0.4, 0.5) is 0 Å². The van der Waals surface area contributed by atoms with Gasteiger partial charge in [-0.1, -0.05) is 103 Å². The number of rotatable bonds is 23. The van der Waals surface area contributed by atoms with Gasteiger partial charge in [-0.2, -0.15) is 0 Å². The van der Waals surface area contributed by atoms with Crippen molar-refractivity contribution in [1.82, 2.24) is 15.2 Å². The van der Waals surface area contributed by atoms with Crippen molar-refractivity contribution in [3.63, 3.8) is 0 Å². The zero-order valence-corrected chi connectivity index (χ0v) is 25.1. The number of amides is 1. The van der Waals surface area contributed by atoms with E-state index in [1.54, 1.807) is 17.1 Å². The predicted molar refractivity (Wildman–Crippen MR) is 157 cm³/mol. The summed E-state index contributed by atoms with van der Waals surface area (Å²) < 4.78 is 6.29. The number of thiazole rings is 1. The molecule has 1 aromatic heterocycles. The molecule has 1 N–H and O–H groups in total. The number of ether oxygens (including phenoxy) is 1. The summed E-state index contributed by atoms with van der Waals surface area (Å²) in [6.07, 6.45) is 19.2. The number of unbranched alkanes of at least 4 members (excludes halogenated alkanes) is 12. The molecule has 0 spiro atoms. The van der Waals surface area contributed by atoms with Gasteiger partial charge in [0.25, 0.3) is 0 Å². The van der Waals surface area contributed by atoms with Crippen LogP contribution in [0.3, 0.4) is 0 Å². The molecule has 0 unspecified atom stereocenters. The Balaban J connectivity index is 1.55. The van der Waals surface area contributed by atoms with Crippen molar-refractivity contribution in [2.75, 3.05) is 32.0 Å². The number of hydrogen-bond acceptors (Lipinski definition) is 7. The SMILES string of the molecule is CCCCCCCCCCCOC(=O)c1csc(SCCN2C(=O)CC[C@@H]2CNCCCCCCC)n1. The Labute approximate surface area is 234 Å². The Kier molecular flexibility index (Phi) is 18.0. The van der Waals surface area contributed by atoms with Gasteiger partial charge in [0.1, 0.15) is 0 Å². The fraction of sp³-hybridized carbons (Fsp3) is 0.828. The number of aromatic nitrogens is 1. The fourth-order valence-electron chi connectivity index (χ4n) is 4.74. The lowest BCUT2D eigenvalue weighted by molar-refractivity contribution is -0.128. The molecule has 0 bridgehead atoms. The van der Waals surface area contributed by atoms with E-state index in [1.807, 2.05) is 4.90 Å². The second kappa shape index (κ2) is 20.8. The van der Waals surface area contributed by atoms with Crippen molar-refractivity contribution in [1.29, 1.82) is 0 Å². The standard InChI is InChI=1S/C29H51N3O3S2/c1-3-5-7-9-10-11-12-14-16-21-35-28(34)26-24-37-29(31-26)36-22-20-32-25(17-18-27(32)33)23-30-19-15-13-8-6-4-2/h24-25,30H,3-23H2,1-2H3/t25-/m1/s1. The molecule has 8 heteroatoms. The average molecular weight is 554 g/mol. The Hall–Kier alpha value is -1.12. The third-order valence-electron chi connectivity index (χ3n) is 7.02. The number of thioether (sulfide) groups is 1. The lowest BCUT2D eigenvalue weighted by atomic mass is 10.1. The number of carbonyl (C=O) groups is 2. The number of carbonyl (C=O) groups excluding carboxylic acids is 2. The molecule has 212 valence electrons. The molecule has 1 aliphatic heterocycles. The predicted octanol–water partition coefficient (Wildman–Crippen LogP) is 7.47. The maximum atomic E-state index is 12.4. The molecule has 0 aromatic carbocycles. The van der Waals surface area contributed by atoms with E-state index >= 15 is 0 Å². The first-order valence-corrected chi connectivity index (χ1v) is 16.8. The summed E-state index contributed by atoms with van der Waals surface area (Å²) in [6.45, 7) is 7.61. The van der Waals surface area contributed by atoms with Crippen molar-refractivity contribution in [2.24, 2.45) is 0 Å². The largest absolute Gasteiger partial charge is 0.461 e. The number of hydrogen-bond donors (Lipinski definition) is 1. The Morgan fingerprint density at radius 1 is 1.03 bits per heavy atom. The van der Waals surface area contributed by atoms with Gasteiger partial charge in [-0.3, -0.25) is 4.79 Å². The van der Waals surface area contributed by atoms with Gasteiger partial charge in [0.05, 0.1) is 6.61 Å². The summed E-state index contributed by atoms with van der Waals surface area (Å²) >= 11 is 3.10. The van der Waals surface area contributed by atoms with E-state index in [0.29, 0.717) is 24.8 Å². The third-order valence-corrected chi connectivity index (χ3v) is 9.02. The minimum atomic E-state index is -0.321. The smallest absolute Gasteiger partial charge is 0.357 e. The Morgan fingerprint density at radius 2 is 1.68 bits per heavy atom. The quantitative estimate of drug-likeness (QED) is 0.0861. The molecule has 2 rings (SSSR count). The molecule has 1 aliphatic rings. The number of nitrogens with one attached hydrogen (secondary N) is 1. The second-order valence-corrected chi connectivity index (χ2v) is 12.4. The van der Waals surface area contributed by atoms with Crippen molar-refractivity contribution < 1.29 is 14.3 Å². The highest BCUT2D eigenvalue weighted by molar-refractivity contribution is 8.01. The van der Waals surface area contributed by atoms with E-state index in [-0.39, 0.29) is 11.9 Å². The van der Waals surface area contributed by atoms with E-state index < -0.39 is 0 Å². The molecule has 0 saturated carbocycles. The zero-order chi connectivity index (χ0) is 26.6. The maximum absolute atomic E-state index is 12.4. The van der Waals surface area contributed by atoms with Gasteiger partial charge in [-0.05, 0) is 25.8 Å². The van der Waals surface area contributed by atoms with E-state index in [1.165, 1.54) is 88.4 Å². The first-order valence-electron chi connectivity index (χ1n) is 14.9. The van der Waals surface area contributed by atoms with Crippen molar-refractivity contribution in [3.05, 3.63) is 11.1 Å². The van der Waals surface area contributed by atoms with Crippen LogP contribution in [0.2, 0.25) is 0 Å². The number of esters is 1. The van der Waals surface area contributed by atoms with Crippen molar-refractivity contribution >= 4 is 35.0 Å². The summed E-state index contributed by atoms with van der Waals surface area (Å²) in [6, 6.07) is 0.298. The summed E-state index contributed by atoms with van der Waals surface area (Å²) in [7, 11) is 0. The minimum Gasteiger partial charge on any atom is -0.461 e. The molecule has 1 fully saturated rings. The Morgan fingerprint density at radius 3 is 2.38 bits per heavy atom. The fourth-order valence-corrected chi connectivity index (χ4v) is 6.54. The van der Waals surface area contributed by atoms with Crippen LogP contribution in [-0.2, 0) is 9.53 Å². The lowest BCUT2D eigenvalue weighted by Crippen LogP contribution is -2.41. The van der Waals surface area contributed by atoms with Crippen molar-refractivity contribution in [3.8, 4) is 0 Å². The van der Waals surface area contributed by atoms with Crippen LogP contribution >= 0.6 is 23.1 Å². The molecule has 0 radical (unpaired) electrons. The molecule has 1 amide bonds. The zero-order valence-electron chi connectivity index (χ0n) is 23.4. The van der Waals surface area contributed by atoms with Gasteiger partial charge in [0, 0.05) is 36.7 Å². The first kappa shape index (κ1) is 32.1. The minimum absolute atomic E-state index is 0.259. The molecule has 1 aromatic rings. The van der Waals surface area contributed by atoms with Crippen LogP contribution in [0.25, 0.3) is 0 Å². The van der Waals surface area contributed by atoms with Crippen LogP contribution in [0.15, 0.2) is 9.72 Å². The molecule has 1 saturated heterocycles. The van der Waals surface area contributed by atoms with Crippen LogP contribution < -0.4 is 5.32 Å². The summed E-state index contributed by atoms with van der Waals surface area (Å²) in [4.78, 5) is 31.2. The topological polar surface area (TPSA) is 71.5 Å². The second-order valence-electron chi connectivity index (χ2n) is 10.2. The van der Waals surface area contributed by atoms with Crippen LogP contribution in [0.1, 0.15) is 127 Å². The number of nitrogens with zero attached hydrogens (tertiary/aromatic N) is 2.